The van der Waals surface area contributed by atoms with Crippen LogP contribution in [0.25, 0.3) is 0 Å². The van der Waals surface area contributed by atoms with Crippen molar-refractivity contribution in [2.24, 2.45) is 0 Å². The lowest BCUT2D eigenvalue weighted by atomic mass is 10.2. The van der Waals surface area contributed by atoms with E-state index in [4.69, 9.17) is 0 Å². The van der Waals surface area contributed by atoms with Crippen molar-refractivity contribution in [3.8, 4) is 0 Å². The maximum Gasteiger partial charge on any atom is 0.244 e. The van der Waals surface area contributed by atoms with Crippen molar-refractivity contribution in [2.75, 3.05) is 24.6 Å². The summed E-state index contributed by atoms with van der Waals surface area (Å²) in [5.41, 5.74) is 0. The van der Waals surface area contributed by atoms with Crippen molar-refractivity contribution in [1.29, 1.82) is 0 Å². The number of likely N-dealkylation sites (N-methyl/N-ethyl adjacent to an activating group) is 1. The zero-order chi connectivity index (χ0) is 18.0. The molecule has 2 rings (SSSR count). The first-order chi connectivity index (χ1) is 11.2. The molecule has 1 aliphatic rings. The summed E-state index contributed by atoms with van der Waals surface area (Å²) < 4.78 is 49.7. The molecule has 1 unspecified atom stereocenters. The predicted molar refractivity (Wildman–Crippen MR) is 93.8 cm³/mol. The van der Waals surface area contributed by atoms with Crippen LogP contribution in [0.3, 0.4) is 0 Å². The second kappa shape index (κ2) is 7.51. The molecule has 1 aromatic carbocycles. The van der Waals surface area contributed by atoms with Crippen molar-refractivity contribution in [1.82, 2.24) is 9.62 Å². The topological polar surface area (TPSA) is 101 Å². The number of carbonyl (C=O) groups is 1. The number of nitrogens with one attached hydrogen (secondary N) is 1. The van der Waals surface area contributed by atoms with Crippen LogP contribution in [0.15, 0.2) is 33.6 Å². The van der Waals surface area contributed by atoms with E-state index in [1.807, 2.05) is 0 Å². The van der Waals surface area contributed by atoms with Gasteiger partial charge in [-0.1, -0.05) is 19.1 Å². The summed E-state index contributed by atoms with van der Waals surface area (Å²) in [6.07, 6.45) is 0.358. The third-order valence-electron chi connectivity index (χ3n) is 3.72. The van der Waals surface area contributed by atoms with E-state index in [0.717, 1.165) is 4.31 Å². The number of sulfonamides is 1. The van der Waals surface area contributed by atoms with Gasteiger partial charge in [-0.05, 0) is 34.5 Å². The fraction of sp³-hybridized carbons (Fsp3) is 0.500. The van der Waals surface area contributed by atoms with Crippen LogP contribution in [0.1, 0.15) is 13.3 Å². The van der Waals surface area contributed by atoms with Gasteiger partial charge in [0.25, 0.3) is 0 Å². The molecular formula is C14H19BrN2O5S2. The van der Waals surface area contributed by atoms with Gasteiger partial charge in [-0.3, -0.25) is 4.79 Å². The predicted octanol–water partition coefficient (Wildman–Crippen LogP) is 0.763. The minimum Gasteiger partial charge on any atom is -0.351 e. The number of hydrogen-bond acceptors (Lipinski definition) is 5. The van der Waals surface area contributed by atoms with Crippen molar-refractivity contribution < 1.29 is 21.6 Å². The largest absolute Gasteiger partial charge is 0.351 e. The minimum atomic E-state index is -3.83. The molecule has 10 heteroatoms. The number of nitrogens with zero attached hydrogens (tertiary/aromatic N) is 1. The molecule has 1 aliphatic heterocycles. The average molecular weight is 439 g/mol. The van der Waals surface area contributed by atoms with Gasteiger partial charge in [0.05, 0.1) is 22.9 Å². The smallest absolute Gasteiger partial charge is 0.244 e. The molecule has 134 valence electrons. The molecule has 1 saturated heterocycles. The average Bonchev–Trinajstić information content (AvgIpc) is 2.83. The summed E-state index contributed by atoms with van der Waals surface area (Å²) in [6.45, 7) is 1.42. The monoisotopic (exact) mass is 438 g/mol. The molecule has 1 atom stereocenters. The maximum atomic E-state index is 12.7. The van der Waals surface area contributed by atoms with Crippen LogP contribution in [-0.4, -0.2) is 57.7 Å². The first-order valence-corrected chi connectivity index (χ1v) is 11.5. The molecule has 0 aliphatic carbocycles. The number of hydrogen-bond donors (Lipinski definition) is 1. The molecule has 1 aromatic rings. The SMILES string of the molecule is CCN(CC(=O)NC1CCS(=O)(=O)C1)S(=O)(=O)c1ccccc1Br. The normalized spacial score (nSPS) is 20.2. The van der Waals surface area contributed by atoms with Crippen LogP contribution in [-0.2, 0) is 24.7 Å². The molecule has 7 nitrogen and oxygen atoms in total. The Bertz CT molecular complexity index is 823. The molecule has 0 radical (unpaired) electrons. The number of sulfone groups is 1. The van der Waals surface area contributed by atoms with Gasteiger partial charge in [-0.25, -0.2) is 16.8 Å². The lowest BCUT2D eigenvalue weighted by Crippen LogP contribution is -2.44. The molecule has 1 fully saturated rings. The zero-order valence-electron chi connectivity index (χ0n) is 13.1. The summed E-state index contributed by atoms with van der Waals surface area (Å²) in [5.74, 6) is -0.554. The third kappa shape index (κ3) is 4.56. The Labute approximate surface area is 150 Å². The van der Waals surface area contributed by atoms with E-state index in [0.29, 0.717) is 10.9 Å². The minimum absolute atomic E-state index is 0.0463. The van der Waals surface area contributed by atoms with E-state index in [-0.39, 0.29) is 29.5 Å². The van der Waals surface area contributed by atoms with Crippen molar-refractivity contribution in [3.05, 3.63) is 28.7 Å². The Hall–Kier alpha value is -0.970. The van der Waals surface area contributed by atoms with Gasteiger partial charge >= 0.3 is 0 Å². The Kier molecular flexibility index (Phi) is 6.05. The lowest BCUT2D eigenvalue weighted by molar-refractivity contribution is -0.121. The van der Waals surface area contributed by atoms with Crippen LogP contribution in [0.2, 0.25) is 0 Å². The highest BCUT2D eigenvalue weighted by molar-refractivity contribution is 9.10. The van der Waals surface area contributed by atoms with Crippen LogP contribution in [0.5, 0.6) is 0 Å². The number of benzene rings is 1. The van der Waals surface area contributed by atoms with E-state index in [9.17, 15) is 21.6 Å². The van der Waals surface area contributed by atoms with Gasteiger partial charge in [0.15, 0.2) is 9.84 Å². The molecule has 0 bridgehead atoms. The van der Waals surface area contributed by atoms with E-state index in [2.05, 4.69) is 21.2 Å². The molecule has 1 amide bonds. The molecule has 1 N–H and O–H groups in total. The first-order valence-electron chi connectivity index (χ1n) is 7.40. The van der Waals surface area contributed by atoms with Gasteiger partial charge < -0.3 is 5.32 Å². The molecule has 1 heterocycles. The van der Waals surface area contributed by atoms with E-state index in [1.165, 1.54) is 6.07 Å². The van der Waals surface area contributed by atoms with Gasteiger partial charge in [0.2, 0.25) is 15.9 Å². The maximum absolute atomic E-state index is 12.7. The van der Waals surface area contributed by atoms with Gasteiger partial charge in [0, 0.05) is 17.1 Å². The number of halogens is 1. The van der Waals surface area contributed by atoms with Crippen LogP contribution in [0, 0.1) is 0 Å². The highest BCUT2D eigenvalue weighted by Gasteiger charge is 2.31. The highest BCUT2D eigenvalue weighted by Crippen LogP contribution is 2.24. The molecule has 0 saturated carbocycles. The second-order valence-corrected chi connectivity index (χ2v) is 10.5. The molecule has 0 spiro atoms. The van der Waals surface area contributed by atoms with Crippen molar-refractivity contribution in [3.63, 3.8) is 0 Å². The molecular weight excluding hydrogens is 420 g/mol. The first kappa shape index (κ1) is 19.4. The highest BCUT2D eigenvalue weighted by atomic mass is 79.9. The second-order valence-electron chi connectivity index (χ2n) is 5.53. The Morgan fingerprint density at radius 3 is 2.58 bits per heavy atom. The Morgan fingerprint density at radius 1 is 1.38 bits per heavy atom. The van der Waals surface area contributed by atoms with Crippen LogP contribution in [0.4, 0.5) is 0 Å². The zero-order valence-corrected chi connectivity index (χ0v) is 16.3. The fourth-order valence-electron chi connectivity index (χ4n) is 2.50. The van der Waals surface area contributed by atoms with Gasteiger partial charge in [-0.2, -0.15) is 4.31 Å². The fourth-order valence-corrected chi connectivity index (χ4v) is 6.54. The summed E-state index contributed by atoms with van der Waals surface area (Å²) in [5, 5.41) is 2.60. The van der Waals surface area contributed by atoms with Crippen LogP contribution < -0.4 is 5.32 Å². The molecule has 0 aromatic heterocycles. The number of amides is 1. The standard InChI is InChI=1S/C14H19BrN2O5S2/c1-2-17(24(21,22)13-6-4-3-5-12(13)15)9-14(18)16-11-7-8-23(19,20)10-11/h3-6,11H,2,7-10H2,1H3,(H,16,18). The summed E-state index contributed by atoms with van der Waals surface area (Å²) >= 11 is 3.21. The quantitative estimate of drug-likeness (QED) is 0.706. The van der Waals surface area contributed by atoms with E-state index in [1.54, 1.807) is 25.1 Å². The summed E-state index contributed by atoms with van der Waals surface area (Å²) in [4.78, 5) is 12.2. The molecule has 24 heavy (non-hydrogen) atoms. The number of carbonyl (C=O) groups excluding carboxylic acids is 1. The van der Waals surface area contributed by atoms with Gasteiger partial charge in [0.1, 0.15) is 0 Å². The number of rotatable bonds is 6. The van der Waals surface area contributed by atoms with E-state index < -0.39 is 31.8 Å². The van der Waals surface area contributed by atoms with Crippen LogP contribution >= 0.6 is 15.9 Å². The lowest BCUT2D eigenvalue weighted by Gasteiger charge is -2.21. The van der Waals surface area contributed by atoms with Crippen molar-refractivity contribution in [2.45, 2.75) is 24.3 Å². The van der Waals surface area contributed by atoms with E-state index >= 15 is 0 Å². The van der Waals surface area contributed by atoms with Gasteiger partial charge in [-0.15, -0.1) is 0 Å². The summed E-state index contributed by atoms with van der Waals surface area (Å²) in [7, 11) is -6.93. The Balaban J connectivity index is 2.09. The third-order valence-corrected chi connectivity index (χ3v) is 8.43. The summed E-state index contributed by atoms with van der Waals surface area (Å²) in [6, 6.07) is 5.93. The Morgan fingerprint density at radius 2 is 2.04 bits per heavy atom. The van der Waals surface area contributed by atoms with Crippen molar-refractivity contribution >= 4 is 41.7 Å².